The summed E-state index contributed by atoms with van der Waals surface area (Å²) in [5.74, 6) is -1.11. The minimum absolute atomic E-state index is 0.0237. The molecule has 0 atom stereocenters. The Morgan fingerprint density at radius 2 is 1.62 bits per heavy atom. The fraction of sp³-hybridized carbons (Fsp3) is 0.304. The maximum Gasteiger partial charge on any atom is 0.293 e. The summed E-state index contributed by atoms with van der Waals surface area (Å²) in [6.07, 6.45) is 3.38. The predicted octanol–water partition coefficient (Wildman–Crippen LogP) is 5.98. The SMILES string of the molecule is CCCC(CCC)C(=O)Nc1c(C(=O)Nc2ccc(F)cc2)oc2ccccc12. The second-order valence-electron chi connectivity index (χ2n) is 7.03. The number of fused-ring (bicyclic) bond motifs is 1. The summed E-state index contributed by atoms with van der Waals surface area (Å²) in [4.78, 5) is 25.7. The largest absolute Gasteiger partial charge is 0.449 e. The van der Waals surface area contributed by atoms with E-state index in [1.54, 1.807) is 18.2 Å². The lowest BCUT2D eigenvalue weighted by Gasteiger charge is -2.15. The molecule has 0 aliphatic heterocycles. The maximum absolute atomic E-state index is 13.1. The van der Waals surface area contributed by atoms with Gasteiger partial charge >= 0.3 is 0 Å². The van der Waals surface area contributed by atoms with Gasteiger partial charge in [-0.2, -0.15) is 0 Å². The summed E-state index contributed by atoms with van der Waals surface area (Å²) in [7, 11) is 0. The van der Waals surface area contributed by atoms with Crippen LogP contribution in [0.25, 0.3) is 11.0 Å². The normalized spacial score (nSPS) is 11.0. The van der Waals surface area contributed by atoms with E-state index in [9.17, 15) is 14.0 Å². The van der Waals surface area contributed by atoms with Crippen molar-refractivity contribution in [2.24, 2.45) is 5.92 Å². The van der Waals surface area contributed by atoms with Crippen LogP contribution in [-0.2, 0) is 4.79 Å². The second-order valence-corrected chi connectivity index (χ2v) is 7.03. The lowest BCUT2D eigenvalue weighted by Crippen LogP contribution is -2.24. The maximum atomic E-state index is 13.1. The average Bonchev–Trinajstić information content (AvgIpc) is 3.08. The van der Waals surface area contributed by atoms with Crippen LogP contribution in [0.3, 0.4) is 0 Å². The number of halogens is 1. The zero-order chi connectivity index (χ0) is 20.8. The molecule has 3 rings (SSSR count). The Bertz CT molecular complexity index is 989. The molecule has 0 aliphatic rings. The Labute approximate surface area is 169 Å². The first-order valence-corrected chi connectivity index (χ1v) is 9.92. The van der Waals surface area contributed by atoms with Gasteiger partial charge in [0.15, 0.2) is 0 Å². The van der Waals surface area contributed by atoms with E-state index in [2.05, 4.69) is 10.6 Å². The monoisotopic (exact) mass is 396 g/mol. The first kappa shape index (κ1) is 20.6. The van der Waals surface area contributed by atoms with E-state index < -0.39 is 11.7 Å². The van der Waals surface area contributed by atoms with Gasteiger partial charge in [0.25, 0.3) is 5.91 Å². The van der Waals surface area contributed by atoms with Crippen LogP contribution < -0.4 is 10.6 Å². The number of benzene rings is 2. The molecule has 0 unspecified atom stereocenters. The molecule has 0 bridgehead atoms. The number of rotatable bonds is 8. The first-order chi connectivity index (χ1) is 14.0. The van der Waals surface area contributed by atoms with Crippen LogP contribution in [0.1, 0.15) is 50.1 Å². The number of furan rings is 1. The van der Waals surface area contributed by atoms with Crippen molar-refractivity contribution in [3.63, 3.8) is 0 Å². The van der Waals surface area contributed by atoms with Crippen molar-refractivity contribution < 1.29 is 18.4 Å². The zero-order valence-corrected chi connectivity index (χ0v) is 16.6. The summed E-state index contributed by atoms with van der Waals surface area (Å²) in [6.45, 7) is 4.09. The van der Waals surface area contributed by atoms with Gasteiger partial charge in [0.1, 0.15) is 17.1 Å². The van der Waals surface area contributed by atoms with Crippen LogP contribution >= 0.6 is 0 Å². The molecule has 3 aromatic rings. The molecule has 0 saturated heterocycles. The molecule has 1 aromatic heterocycles. The van der Waals surface area contributed by atoms with Crippen molar-refractivity contribution in [3.05, 3.63) is 60.1 Å². The number of carbonyl (C=O) groups excluding carboxylic acids is 2. The van der Waals surface area contributed by atoms with Crippen molar-refractivity contribution in [2.75, 3.05) is 10.6 Å². The van der Waals surface area contributed by atoms with Gasteiger partial charge in [-0.3, -0.25) is 9.59 Å². The van der Waals surface area contributed by atoms with Crippen molar-refractivity contribution in [1.82, 2.24) is 0 Å². The zero-order valence-electron chi connectivity index (χ0n) is 16.6. The minimum Gasteiger partial charge on any atom is -0.449 e. The summed E-state index contributed by atoms with van der Waals surface area (Å²) in [5.41, 5.74) is 1.31. The highest BCUT2D eigenvalue weighted by Crippen LogP contribution is 2.32. The van der Waals surface area contributed by atoms with E-state index >= 15 is 0 Å². The number of carbonyl (C=O) groups is 2. The van der Waals surface area contributed by atoms with Crippen molar-refractivity contribution in [1.29, 1.82) is 0 Å². The highest BCUT2D eigenvalue weighted by molar-refractivity contribution is 6.14. The minimum atomic E-state index is -0.509. The van der Waals surface area contributed by atoms with Gasteiger partial charge in [0, 0.05) is 17.0 Å². The molecule has 0 spiro atoms. The Morgan fingerprint density at radius 3 is 2.28 bits per heavy atom. The average molecular weight is 396 g/mol. The fourth-order valence-electron chi connectivity index (χ4n) is 3.38. The van der Waals surface area contributed by atoms with E-state index in [0.717, 1.165) is 25.7 Å². The summed E-state index contributed by atoms with van der Waals surface area (Å²) < 4.78 is 18.9. The van der Waals surface area contributed by atoms with Crippen LogP contribution in [0.4, 0.5) is 15.8 Å². The lowest BCUT2D eigenvalue weighted by atomic mass is 9.97. The van der Waals surface area contributed by atoms with Gasteiger partial charge in [-0.05, 0) is 49.2 Å². The second kappa shape index (κ2) is 9.37. The third-order valence-corrected chi connectivity index (χ3v) is 4.80. The molecule has 1 heterocycles. The van der Waals surface area contributed by atoms with Crippen LogP contribution in [0, 0.1) is 11.7 Å². The van der Waals surface area contributed by atoms with Crippen LogP contribution in [0.2, 0.25) is 0 Å². The van der Waals surface area contributed by atoms with Crippen LogP contribution in [0.5, 0.6) is 0 Å². The van der Waals surface area contributed by atoms with Crippen LogP contribution in [0.15, 0.2) is 52.9 Å². The molecule has 2 aromatic carbocycles. The number of anilines is 2. The Morgan fingerprint density at radius 1 is 0.966 bits per heavy atom. The molecular formula is C23H25FN2O3. The quantitative estimate of drug-likeness (QED) is 0.492. The molecule has 2 N–H and O–H groups in total. The summed E-state index contributed by atoms with van der Waals surface area (Å²) in [6, 6.07) is 12.6. The molecule has 152 valence electrons. The molecule has 5 nitrogen and oxygen atoms in total. The van der Waals surface area contributed by atoms with Gasteiger partial charge in [-0.25, -0.2) is 4.39 Å². The number of nitrogens with one attached hydrogen (secondary N) is 2. The molecular weight excluding hydrogens is 371 g/mol. The molecule has 6 heteroatoms. The molecule has 0 saturated carbocycles. The van der Waals surface area contributed by atoms with Gasteiger partial charge in [-0.1, -0.05) is 38.8 Å². The Hall–Kier alpha value is -3.15. The number of hydrogen-bond acceptors (Lipinski definition) is 3. The number of para-hydroxylation sites is 1. The fourth-order valence-corrected chi connectivity index (χ4v) is 3.38. The van der Waals surface area contributed by atoms with Crippen molar-refractivity contribution in [3.8, 4) is 0 Å². The molecule has 0 aliphatic carbocycles. The predicted molar refractivity (Wildman–Crippen MR) is 113 cm³/mol. The molecule has 0 radical (unpaired) electrons. The van der Waals surface area contributed by atoms with Gasteiger partial charge < -0.3 is 15.1 Å². The van der Waals surface area contributed by atoms with Gasteiger partial charge in [0.05, 0.1) is 0 Å². The Balaban J connectivity index is 1.92. The van der Waals surface area contributed by atoms with E-state index in [-0.39, 0.29) is 17.6 Å². The van der Waals surface area contributed by atoms with E-state index in [1.165, 1.54) is 24.3 Å². The molecule has 29 heavy (non-hydrogen) atoms. The summed E-state index contributed by atoms with van der Waals surface area (Å²) in [5, 5.41) is 6.28. The van der Waals surface area contributed by atoms with Crippen molar-refractivity contribution >= 4 is 34.2 Å². The van der Waals surface area contributed by atoms with E-state index in [0.29, 0.717) is 22.3 Å². The highest BCUT2D eigenvalue weighted by Gasteiger charge is 2.25. The smallest absolute Gasteiger partial charge is 0.293 e. The summed E-state index contributed by atoms with van der Waals surface area (Å²) >= 11 is 0. The molecule has 2 amide bonds. The lowest BCUT2D eigenvalue weighted by molar-refractivity contribution is -0.120. The third-order valence-electron chi connectivity index (χ3n) is 4.80. The first-order valence-electron chi connectivity index (χ1n) is 9.92. The topological polar surface area (TPSA) is 71.3 Å². The Kier molecular flexibility index (Phi) is 6.65. The number of amides is 2. The van der Waals surface area contributed by atoms with Gasteiger partial charge in [0.2, 0.25) is 11.7 Å². The highest BCUT2D eigenvalue weighted by atomic mass is 19.1. The molecule has 0 fully saturated rings. The van der Waals surface area contributed by atoms with Gasteiger partial charge in [-0.15, -0.1) is 0 Å². The van der Waals surface area contributed by atoms with Crippen molar-refractivity contribution in [2.45, 2.75) is 39.5 Å². The third kappa shape index (κ3) is 4.83. The van der Waals surface area contributed by atoms with E-state index in [1.807, 2.05) is 19.9 Å². The standard InChI is InChI=1S/C23H25FN2O3/c1-3-7-15(8-4-2)22(27)26-20-18-9-5-6-10-19(18)29-21(20)23(28)25-17-13-11-16(24)12-14-17/h5-6,9-15H,3-4,7-8H2,1-2H3,(H,25,28)(H,26,27). The van der Waals surface area contributed by atoms with E-state index in [4.69, 9.17) is 4.42 Å². The van der Waals surface area contributed by atoms with Crippen LogP contribution in [-0.4, -0.2) is 11.8 Å². The number of hydrogen-bond donors (Lipinski definition) is 2.